The Morgan fingerprint density at radius 2 is 1.83 bits per heavy atom. The maximum absolute atomic E-state index is 14.0. The molecule has 3 fully saturated rings. The summed E-state index contributed by atoms with van der Waals surface area (Å²) in [5.41, 5.74) is 7.43. The number of nitriles is 1. The SMILES string of the molecule is N#Cc1ccccc1N1CCC(N2CCC(NC(=O)CC3CC(=O)O[C@@H](C(N)=O)C(c4ccc(F)c(F)c4)C3)C2)CC1. The topological polar surface area (TPSA) is 129 Å². The monoisotopic (exact) mass is 579 g/mol. The summed E-state index contributed by atoms with van der Waals surface area (Å²) < 4.78 is 32.8. The van der Waals surface area contributed by atoms with Gasteiger partial charge in [0.25, 0.3) is 5.91 Å². The van der Waals surface area contributed by atoms with Crippen LogP contribution >= 0.6 is 0 Å². The minimum Gasteiger partial charge on any atom is -0.452 e. The van der Waals surface area contributed by atoms with E-state index in [9.17, 15) is 28.4 Å². The average Bonchev–Trinajstić information content (AvgIpc) is 3.37. The number of nitrogens with zero attached hydrogens (tertiary/aromatic N) is 3. The molecule has 4 atom stereocenters. The highest BCUT2D eigenvalue weighted by Crippen LogP contribution is 2.36. The second-order valence-corrected chi connectivity index (χ2v) is 11.5. The summed E-state index contributed by atoms with van der Waals surface area (Å²) in [5.74, 6) is -5.11. The molecule has 0 bridgehead atoms. The third-order valence-electron chi connectivity index (χ3n) is 8.72. The number of carbonyl (C=O) groups is 3. The molecular formula is C31H35F2N5O4. The quantitative estimate of drug-likeness (QED) is 0.483. The van der Waals surface area contributed by atoms with Gasteiger partial charge in [-0.1, -0.05) is 18.2 Å². The van der Waals surface area contributed by atoms with Crippen LogP contribution in [0.5, 0.6) is 0 Å². The van der Waals surface area contributed by atoms with Crippen molar-refractivity contribution in [3.63, 3.8) is 0 Å². The smallest absolute Gasteiger partial charge is 0.306 e. The molecule has 2 amide bonds. The van der Waals surface area contributed by atoms with Crippen LogP contribution in [0.25, 0.3) is 0 Å². The van der Waals surface area contributed by atoms with Gasteiger partial charge in [0, 0.05) is 57.0 Å². The maximum atomic E-state index is 14.0. The van der Waals surface area contributed by atoms with Gasteiger partial charge >= 0.3 is 5.97 Å². The Labute approximate surface area is 243 Å². The summed E-state index contributed by atoms with van der Waals surface area (Å²) in [7, 11) is 0. The van der Waals surface area contributed by atoms with Crippen LogP contribution in [0.15, 0.2) is 42.5 Å². The third kappa shape index (κ3) is 6.71. The van der Waals surface area contributed by atoms with Gasteiger partial charge < -0.3 is 20.7 Å². The molecule has 0 aliphatic carbocycles. The van der Waals surface area contributed by atoms with Crippen LogP contribution in [0, 0.1) is 28.9 Å². The van der Waals surface area contributed by atoms with Crippen LogP contribution in [0.1, 0.15) is 55.6 Å². The van der Waals surface area contributed by atoms with Crippen molar-refractivity contribution in [2.24, 2.45) is 11.7 Å². The van der Waals surface area contributed by atoms with E-state index in [0.29, 0.717) is 11.6 Å². The normalized spacial score (nSPS) is 25.4. The van der Waals surface area contributed by atoms with Crippen LogP contribution in [0.2, 0.25) is 0 Å². The first kappa shape index (κ1) is 29.5. The molecule has 9 nitrogen and oxygen atoms in total. The molecule has 3 unspecified atom stereocenters. The number of halogens is 2. The van der Waals surface area contributed by atoms with Gasteiger partial charge in [-0.25, -0.2) is 8.78 Å². The molecule has 3 saturated heterocycles. The molecule has 3 N–H and O–H groups in total. The number of hydrogen-bond acceptors (Lipinski definition) is 7. The molecule has 5 rings (SSSR count). The number of esters is 1. The highest BCUT2D eigenvalue weighted by molar-refractivity contribution is 5.84. The zero-order valence-corrected chi connectivity index (χ0v) is 23.3. The lowest BCUT2D eigenvalue weighted by atomic mass is 9.83. The fraction of sp³-hybridized carbons (Fsp3) is 0.484. The zero-order chi connectivity index (χ0) is 29.8. The summed E-state index contributed by atoms with van der Waals surface area (Å²) in [6.45, 7) is 3.33. The van der Waals surface area contributed by atoms with E-state index in [4.69, 9.17) is 10.5 Å². The van der Waals surface area contributed by atoms with Gasteiger partial charge in [-0.3, -0.25) is 19.3 Å². The van der Waals surface area contributed by atoms with Gasteiger partial charge in [-0.15, -0.1) is 0 Å². The number of nitrogens with two attached hydrogens (primary N) is 1. The number of nitrogens with one attached hydrogen (secondary N) is 1. The number of piperidine rings is 1. The van der Waals surface area contributed by atoms with Crippen LogP contribution in [0.3, 0.4) is 0 Å². The molecule has 222 valence electrons. The number of ether oxygens (including phenoxy) is 1. The molecule has 0 saturated carbocycles. The minimum absolute atomic E-state index is 0.0204. The predicted molar refractivity (Wildman–Crippen MR) is 150 cm³/mol. The number of cyclic esters (lactones) is 1. The molecule has 0 radical (unpaired) electrons. The van der Waals surface area contributed by atoms with Crippen molar-refractivity contribution in [2.75, 3.05) is 31.1 Å². The molecule has 3 heterocycles. The standard InChI is InChI=1S/C31H35F2N5O4/c32-25-6-5-20(16-26(25)33)24-13-19(15-29(40)42-30(24)31(35)41)14-28(39)36-22-7-10-38(18-22)23-8-11-37(12-9-23)27-4-2-1-3-21(27)17-34/h1-6,16,19,22-24,30H,7-15,18H2,(H2,35,41)(H,36,39)/t19?,22?,24?,30-/m1/s1. The van der Waals surface area contributed by atoms with Gasteiger partial charge in [0.15, 0.2) is 17.7 Å². The average molecular weight is 580 g/mol. The van der Waals surface area contributed by atoms with Gasteiger partial charge in [0.2, 0.25) is 5.91 Å². The zero-order valence-electron chi connectivity index (χ0n) is 23.3. The van der Waals surface area contributed by atoms with Crippen molar-refractivity contribution >= 4 is 23.5 Å². The van der Waals surface area contributed by atoms with Gasteiger partial charge in [0.1, 0.15) is 6.07 Å². The number of likely N-dealkylation sites (tertiary alicyclic amines) is 1. The molecule has 2 aromatic carbocycles. The predicted octanol–water partition coefficient (Wildman–Crippen LogP) is 2.98. The first-order chi connectivity index (χ1) is 20.2. The lowest BCUT2D eigenvalue weighted by molar-refractivity contribution is -0.155. The van der Waals surface area contributed by atoms with E-state index < -0.39 is 41.5 Å². The molecule has 42 heavy (non-hydrogen) atoms. The Kier molecular flexibility index (Phi) is 9.02. The largest absolute Gasteiger partial charge is 0.452 e. The number of para-hydroxylation sites is 1. The Morgan fingerprint density at radius 1 is 1.07 bits per heavy atom. The number of anilines is 1. The van der Waals surface area contributed by atoms with Crippen molar-refractivity contribution in [1.29, 1.82) is 5.26 Å². The fourth-order valence-corrected chi connectivity index (χ4v) is 6.64. The van der Waals surface area contributed by atoms with Crippen molar-refractivity contribution in [2.45, 2.75) is 62.6 Å². The maximum Gasteiger partial charge on any atom is 0.306 e. The molecule has 2 aromatic rings. The van der Waals surface area contributed by atoms with Crippen molar-refractivity contribution in [3.05, 3.63) is 65.2 Å². The van der Waals surface area contributed by atoms with Crippen LogP contribution in [-0.4, -0.2) is 67.1 Å². The van der Waals surface area contributed by atoms with Crippen molar-refractivity contribution in [1.82, 2.24) is 10.2 Å². The second kappa shape index (κ2) is 12.9. The minimum atomic E-state index is -1.33. The molecular weight excluding hydrogens is 544 g/mol. The lowest BCUT2D eigenvalue weighted by Gasteiger charge is -2.38. The first-order valence-electron chi connectivity index (χ1n) is 14.4. The lowest BCUT2D eigenvalue weighted by Crippen LogP contribution is -2.46. The van der Waals surface area contributed by atoms with E-state index in [2.05, 4.69) is 21.2 Å². The van der Waals surface area contributed by atoms with E-state index in [1.165, 1.54) is 6.07 Å². The molecule has 11 heteroatoms. The summed E-state index contributed by atoms with van der Waals surface area (Å²) in [6.07, 6.45) is 1.56. The third-order valence-corrected chi connectivity index (χ3v) is 8.72. The number of rotatable bonds is 7. The van der Waals surface area contributed by atoms with E-state index in [-0.39, 0.29) is 36.8 Å². The van der Waals surface area contributed by atoms with Gasteiger partial charge in [0.05, 0.1) is 11.3 Å². The van der Waals surface area contributed by atoms with E-state index in [0.717, 1.165) is 63.3 Å². The molecule has 3 aliphatic rings. The van der Waals surface area contributed by atoms with Gasteiger partial charge in [-0.2, -0.15) is 5.26 Å². The Morgan fingerprint density at radius 3 is 2.55 bits per heavy atom. The summed E-state index contributed by atoms with van der Waals surface area (Å²) in [4.78, 5) is 42.3. The number of benzene rings is 2. The number of hydrogen-bond donors (Lipinski definition) is 2. The Balaban J connectivity index is 1.15. The Hall–Kier alpha value is -4.04. The van der Waals surface area contributed by atoms with E-state index >= 15 is 0 Å². The Bertz CT molecular complexity index is 1370. The van der Waals surface area contributed by atoms with E-state index in [1.54, 1.807) is 0 Å². The number of amides is 2. The highest BCUT2D eigenvalue weighted by Gasteiger charge is 2.39. The van der Waals surface area contributed by atoms with Crippen LogP contribution in [0.4, 0.5) is 14.5 Å². The second-order valence-electron chi connectivity index (χ2n) is 11.5. The highest BCUT2D eigenvalue weighted by atomic mass is 19.2. The number of carbonyl (C=O) groups excluding carboxylic acids is 3. The van der Waals surface area contributed by atoms with Crippen LogP contribution in [-0.2, 0) is 19.1 Å². The number of primary amides is 1. The summed E-state index contributed by atoms with van der Waals surface area (Å²) in [5, 5.41) is 12.5. The molecule has 0 spiro atoms. The summed E-state index contributed by atoms with van der Waals surface area (Å²) >= 11 is 0. The van der Waals surface area contributed by atoms with Crippen molar-refractivity contribution in [3.8, 4) is 6.07 Å². The fourth-order valence-electron chi connectivity index (χ4n) is 6.64. The molecule has 0 aromatic heterocycles. The van der Waals surface area contributed by atoms with Crippen molar-refractivity contribution < 1.29 is 27.9 Å². The summed E-state index contributed by atoms with van der Waals surface area (Å²) in [6, 6.07) is 13.6. The first-order valence-corrected chi connectivity index (χ1v) is 14.4. The molecule has 3 aliphatic heterocycles. The van der Waals surface area contributed by atoms with Crippen LogP contribution < -0.4 is 16.0 Å². The van der Waals surface area contributed by atoms with E-state index in [1.807, 2.05) is 24.3 Å². The van der Waals surface area contributed by atoms with Gasteiger partial charge in [-0.05, 0) is 61.4 Å².